The Kier molecular flexibility index (Phi) is 9.09. The van der Waals surface area contributed by atoms with Gasteiger partial charge in [0.15, 0.2) is 0 Å². The number of quaternary nitrogens is 1. The summed E-state index contributed by atoms with van der Waals surface area (Å²) >= 11 is 0. The van der Waals surface area contributed by atoms with E-state index in [1.54, 1.807) is 30.3 Å². The van der Waals surface area contributed by atoms with Crippen LogP contribution in [0, 0.1) is 0 Å². The molecule has 3 rings (SSSR count). The monoisotopic (exact) mass is 478 g/mol. The lowest BCUT2D eigenvalue weighted by Gasteiger charge is -2.28. The summed E-state index contributed by atoms with van der Waals surface area (Å²) in [6.45, 7) is 7.82. The molecule has 1 atom stereocenters. The van der Waals surface area contributed by atoms with E-state index in [4.69, 9.17) is 9.47 Å². The molecule has 0 aromatic heterocycles. The molecule has 0 saturated carbocycles. The molecule has 1 aliphatic rings. The van der Waals surface area contributed by atoms with Crippen LogP contribution in [-0.4, -0.2) is 57.0 Å². The molecule has 0 spiro atoms. The van der Waals surface area contributed by atoms with E-state index >= 15 is 0 Å². The van der Waals surface area contributed by atoms with Crippen molar-refractivity contribution in [2.75, 3.05) is 40.4 Å². The summed E-state index contributed by atoms with van der Waals surface area (Å²) in [7, 11) is 4.07. The number of likely N-dealkylation sites (tertiary alicyclic amines) is 1. The number of nitrogens with zero attached hydrogens (tertiary/aromatic N) is 1. The molecule has 7 heteroatoms. The van der Waals surface area contributed by atoms with Crippen LogP contribution in [0.15, 0.2) is 66.8 Å². The Bertz CT molecular complexity index is 1060. The second-order valence-electron chi connectivity index (χ2n) is 8.83. The third kappa shape index (κ3) is 6.31. The first-order chi connectivity index (χ1) is 16.9. The molecule has 2 aromatic rings. The van der Waals surface area contributed by atoms with E-state index in [0.717, 1.165) is 13.0 Å². The van der Waals surface area contributed by atoms with E-state index in [9.17, 15) is 14.7 Å². The second-order valence-corrected chi connectivity index (χ2v) is 8.83. The van der Waals surface area contributed by atoms with Crippen LogP contribution in [0.1, 0.15) is 36.9 Å². The molecular formula is C28H34N2O5. The Morgan fingerprint density at radius 2 is 1.69 bits per heavy atom. The van der Waals surface area contributed by atoms with Gasteiger partial charge >= 0.3 is 0 Å². The quantitative estimate of drug-likeness (QED) is 0.218. The summed E-state index contributed by atoms with van der Waals surface area (Å²) in [6.07, 6.45) is 3.23. The molecule has 186 valence electrons. The highest BCUT2D eigenvalue weighted by Crippen LogP contribution is 2.39. The van der Waals surface area contributed by atoms with E-state index in [1.807, 2.05) is 45.3 Å². The van der Waals surface area contributed by atoms with Gasteiger partial charge in [-0.3, -0.25) is 9.59 Å². The SMILES string of the molecule is C=CCOc1ccc(/C([O-])=C2\C(=O)C(=O)N(CCC[NH+](C)C)C2c2ccc(OCCC)cc2)cc1. The Morgan fingerprint density at radius 1 is 1.06 bits per heavy atom. The molecule has 1 heterocycles. The molecule has 2 aromatic carbocycles. The number of ketones is 1. The summed E-state index contributed by atoms with van der Waals surface area (Å²) in [4.78, 5) is 28.9. The van der Waals surface area contributed by atoms with Crippen LogP contribution in [0.4, 0.5) is 0 Å². The van der Waals surface area contributed by atoms with Crippen molar-refractivity contribution in [2.24, 2.45) is 0 Å². The van der Waals surface area contributed by atoms with E-state index in [2.05, 4.69) is 6.58 Å². The molecule has 0 aliphatic carbocycles. The largest absolute Gasteiger partial charge is 0.872 e. The van der Waals surface area contributed by atoms with Crippen LogP contribution in [0.3, 0.4) is 0 Å². The predicted octanol–water partition coefficient (Wildman–Crippen LogP) is 1.80. The number of nitrogens with one attached hydrogen (secondary N) is 1. The number of hydrogen-bond acceptors (Lipinski definition) is 5. The number of ether oxygens (including phenoxy) is 2. The fraction of sp³-hybridized carbons (Fsp3) is 0.357. The van der Waals surface area contributed by atoms with Gasteiger partial charge in [0.2, 0.25) is 5.78 Å². The lowest BCUT2D eigenvalue weighted by Crippen LogP contribution is -3.05. The summed E-state index contributed by atoms with van der Waals surface area (Å²) in [5, 5.41) is 13.5. The molecular weight excluding hydrogens is 444 g/mol. The molecule has 1 amide bonds. The second kappa shape index (κ2) is 12.2. The number of benzene rings is 2. The van der Waals surface area contributed by atoms with Crippen molar-refractivity contribution in [2.45, 2.75) is 25.8 Å². The van der Waals surface area contributed by atoms with Crippen LogP contribution in [0.25, 0.3) is 5.76 Å². The summed E-state index contributed by atoms with van der Waals surface area (Å²) in [5.74, 6) is -0.528. The average Bonchev–Trinajstić information content (AvgIpc) is 3.11. The van der Waals surface area contributed by atoms with Crippen LogP contribution < -0.4 is 19.5 Å². The predicted molar refractivity (Wildman–Crippen MR) is 133 cm³/mol. The highest BCUT2D eigenvalue weighted by molar-refractivity contribution is 6.46. The fourth-order valence-electron chi connectivity index (χ4n) is 4.03. The number of carbonyl (C=O) groups is 2. The molecule has 7 nitrogen and oxygen atoms in total. The van der Waals surface area contributed by atoms with Gasteiger partial charge in [0.25, 0.3) is 5.91 Å². The van der Waals surface area contributed by atoms with Gasteiger partial charge in [0.05, 0.1) is 33.3 Å². The van der Waals surface area contributed by atoms with Crippen molar-refractivity contribution in [3.8, 4) is 11.5 Å². The zero-order valence-electron chi connectivity index (χ0n) is 20.7. The molecule has 1 fully saturated rings. The average molecular weight is 479 g/mol. The first kappa shape index (κ1) is 26.0. The minimum absolute atomic E-state index is 0.0193. The Hall–Kier alpha value is -3.58. The molecule has 0 radical (unpaired) electrons. The van der Waals surface area contributed by atoms with Gasteiger partial charge in [-0.05, 0) is 41.8 Å². The van der Waals surface area contributed by atoms with Crippen LogP contribution in [0.2, 0.25) is 0 Å². The molecule has 1 aliphatic heterocycles. The van der Waals surface area contributed by atoms with Crippen molar-refractivity contribution in [1.82, 2.24) is 4.90 Å². The number of Topliss-reactive ketones (excluding diaryl/α,β-unsaturated/α-hetero) is 1. The zero-order chi connectivity index (χ0) is 25.4. The molecule has 1 saturated heterocycles. The lowest BCUT2D eigenvalue weighted by atomic mass is 9.95. The molecule has 35 heavy (non-hydrogen) atoms. The number of rotatable bonds is 12. The third-order valence-corrected chi connectivity index (χ3v) is 5.76. The van der Waals surface area contributed by atoms with Gasteiger partial charge in [-0.1, -0.05) is 49.6 Å². The fourth-order valence-corrected chi connectivity index (χ4v) is 4.03. The van der Waals surface area contributed by atoms with E-state index < -0.39 is 23.5 Å². The number of carbonyl (C=O) groups excluding carboxylic acids is 2. The normalized spacial score (nSPS) is 17.1. The topological polar surface area (TPSA) is 83.3 Å². The van der Waals surface area contributed by atoms with Crippen molar-refractivity contribution in [3.63, 3.8) is 0 Å². The van der Waals surface area contributed by atoms with Gasteiger partial charge < -0.3 is 24.4 Å². The van der Waals surface area contributed by atoms with Gasteiger partial charge in [-0.25, -0.2) is 0 Å². The standard InChI is InChI=1S/C28H34N2O5/c1-5-18-34-22-12-8-20(9-13-22)25-24(27(32)28(33)30(25)17-7-16-29(3)4)26(31)21-10-14-23(15-11-21)35-19-6-2/h6,8-15,25,31H,2,5,7,16-19H2,1,3-4H3/b26-24+. The van der Waals surface area contributed by atoms with E-state index in [-0.39, 0.29) is 5.57 Å². The van der Waals surface area contributed by atoms with E-state index in [1.165, 1.54) is 9.80 Å². The van der Waals surface area contributed by atoms with Crippen LogP contribution in [0.5, 0.6) is 11.5 Å². The van der Waals surface area contributed by atoms with Crippen molar-refractivity contribution < 1.29 is 29.1 Å². The minimum atomic E-state index is -0.740. The Morgan fingerprint density at radius 3 is 2.29 bits per heavy atom. The highest BCUT2D eigenvalue weighted by Gasteiger charge is 2.43. The van der Waals surface area contributed by atoms with Gasteiger partial charge in [-0.15, -0.1) is 0 Å². The third-order valence-electron chi connectivity index (χ3n) is 5.76. The first-order valence-electron chi connectivity index (χ1n) is 12.0. The number of hydrogen-bond donors (Lipinski definition) is 1. The zero-order valence-corrected chi connectivity index (χ0v) is 20.7. The molecule has 1 N–H and O–H groups in total. The Balaban J connectivity index is 2.00. The minimum Gasteiger partial charge on any atom is -0.872 e. The maximum Gasteiger partial charge on any atom is 0.295 e. The Labute approximate surface area is 207 Å². The first-order valence-corrected chi connectivity index (χ1v) is 12.0. The maximum absolute atomic E-state index is 13.5. The number of amides is 1. The van der Waals surface area contributed by atoms with Crippen LogP contribution >= 0.6 is 0 Å². The van der Waals surface area contributed by atoms with Crippen molar-refractivity contribution >= 4 is 17.4 Å². The van der Waals surface area contributed by atoms with E-state index in [0.29, 0.717) is 48.8 Å². The van der Waals surface area contributed by atoms with Gasteiger partial charge in [0, 0.05) is 18.5 Å². The van der Waals surface area contributed by atoms with Gasteiger partial charge in [0.1, 0.15) is 18.1 Å². The van der Waals surface area contributed by atoms with Crippen molar-refractivity contribution in [1.29, 1.82) is 0 Å². The smallest absolute Gasteiger partial charge is 0.295 e. The van der Waals surface area contributed by atoms with Crippen LogP contribution in [-0.2, 0) is 9.59 Å². The summed E-state index contributed by atoms with van der Waals surface area (Å²) in [5.41, 5.74) is 1.02. The lowest BCUT2D eigenvalue weighted by molar-refractivity contribution is -0.858. The summed E-state index contributed by atoms with van der Waals surface area (Å²) < 4.78 is 11.2. The highest BCUT2D eigenvalue weighted by atomic mass is 16.5. The van der Waals surface area contributed by atoms with Crippen molar-refractivity contribution in [3.05, 3.63) is 77.9 Å². The molecule has 1 unspecified atom stereocenters. The molecule has 0 bridgehead atoms. The maximum atomic E-state index is 13.5. The summed E-state index contributed by atoms with van der Waals surface area (Å²) in [6, 6.07) is 13.1. The van der Waals surface area contributed by atoms with Gasteiger partial charge in [-0.2, -0.15) is 0 Å².